The van der Waals surface area contributed by atoms with Gasteiger partial charge in [-0.3, -0.25) is 0 Å². The molecule has 0 spiro atoms. The van der Waals surface area contributed by atoms with Gasteiger partial charge in [-0.15, -0.1) is 0 Å². The van der Waals surface area contributed by atoms with E-state index in [1.165, 1.54) is 0 Å². The van der Waals surface area contributed by atoms with E-state index in [0.29, 0.717) is 6.61 Å². The molecule has 0 heterocycles. The van der Waals surface area contributed by atoms with Gasteiger partial charge in [-0.2, -0.15) is 0 Å². The topological polar surface area (TPSA) is 80.9 Å². The Morgan fingerprint density at radius 3 is 1.75 bits per heavy atom. The lowest BCUT2D eigenvalue weighted by atomic mass is 10.3. The van der Waals surface area contributed by atoms with E-state index in [-0.39, 0.29) is 19.6 Å². The van der Waals surface area contributed by atoms with Crippen molar-refractivity contribution < 1.29 is 20.4 Å². The van der Waals surface area contributed by atoms with E-state index >= 15 is 0 Å². The summed E-state index contributed by atoms with van der Waals surface area (Å²) in [6.45, 7) is 2.06. The van der Waals surface area contributed by atoms with E-state index in [9.17, 15) is 0 Å². The fourth-order valence-corrected chi connectivity index (χ4v) is 0.398. The zero-order valence-electron chi connectivity index (χ0n) is 7.61. The van der Waals surface area contributed by atoms with Crippen molar-refractivity contribution in [3.63, 3.8) is 0 Å². The molecule has 0 aromatic rings. The fourth-order valence-electron chi connectivity index (χ4n) is 0.398. The second-order valence-corrected chi connectivity index (χ2v) is 2.43. The maximum atomic E-state index is 8.45. The second-order valence-electron chi connectivity index (χ2n) is 2.43. The second kappa shape index (κ2) is 13.4. The summed E-state index contributed by atoms with van der Waals surface area (Å²) >= 11 is 0. The molecule has 76 valence electrons. The predicted molar refractivity (Wildman–Crippen MR) is 46.8 cm³/mol. The van der Waals surface area contributed by atoms with Gasteiger partial charge in [0.05, 0.1) is 12.7 Å². The highest BCUT2D eigenvalue weighted by molar-refractivity contribution is 4.48. The molecule has 0 fully saturated rings. The monoisotopic (exact) mass is 180 g/mol. The maximum Gasteiger partial charge on any atom is 0.0792 e. The third-order valence-corrected chi connectivity index (χ3v) is 1.18. The summed E-state index contributed by atoms with van der Waals surface area (Å²) < 4.78 is 0. The molecule has 1 unspecified atom stereocenters. The molecule has 0 radical (unpaired) electrons. The molecule has 4 heteroatoms. The van der Waals surface area contributed by atoms with E-state index in [1.807, 2.05) is 0 Å². The zero-order chi connectivity index (χ0) is 9.82. The van der Waals surface area contributed by atoms with E-state index < -0.39 is 6.10 Å². The highest BCUT2D eigenvalue weighted by atomic mass is 16.3. The average molecular weight is 180 g/mol. The van der Waals surface area contributed by atoms with Crippen LogP contribution in [-0.2, 0) is 0 Å². The lowest BCUT2D eigenvalue weighted by Crippen LogP contribution is -2.12. The molecule has 0 aliphatic heterocycles. The van der Waals surface area contributed by atoms with E-state index in [2.05, 4.69) is 6.92 Å². The van der Waals surface area contributed by atoms with Crippen LogP contribution in [0.1, 0.15) is 26.2 Å². The summed E-state index contributed by atoms with van der Waals surface area (Å²) in [6, 6.07) is 0. The Balaban J connectivity index is 0. The van der Waals surface area contributed by atoms with Crippen LogP contribution in [-0.4, -0.2) is 46.4 Å². The van der Waals surface area contributed by atoms with E-state index in [0.717, 1.165) is 12.8 Å². The highest BCUT2D eigenvalue weighted by Gasteiger charge is 1.96. The molecule has 0 amide bonds. The Kier molecular flexibility index (Phi) is 16.1. The van der Waals surface area contributed by atoms with Crippen LogP contribution in [0.15, 0.2) is 0 Å². The molecule has 12 heavy (non-hydrogen) atoms. The molecule has 0 saturated carbocycles. The molecular formula is C8H20O4. The highest BCUT2D eigenvalue weighted by Crippen LogP contribution is 1.84. The third-order valence-electron chi connectivity index (χ3n) is 1.18. The normalized spacial score (nSPS) is 11.8. The molecule has 0 bridgehead atoms. The third kappa shape index (κ3) is 16.4. The van der Waals surface area contributed by atoms with Crippen LogP contribution in [0.3, 0.4) is 0 Å². The number of hydrogen-bond acceptors (Lipinski definition) is 4. The first-order valence-corrected chi connectivity index (χ1v) is 4.23. The van der Waals surface area contributed by atoms with Crippen LogP contribution in [0.25, 0.3) is 0 Å². The first kappa shape index (κ1) is 14.4. The first-order valence-electron chi connectivity index (χ1n) is 4.23. The van der Waals surface area contributed by atoms with Crippen LogP contribution in [0, 0.1) is 0 Å². The van der Waals surface area contributed by atoms with Crippen LogP contribution in [0.5, 0.6) is 0 Å². The van der Waals surface area contributed by atoms with Gasteiger partial charge in [0.25, 0.3) is 0 Å². The van der Waals surface area contributed by atoms with Gasteiger partial charge in [0.15, 0.2) is 0 Å². The largest absolute Gasteiger partial charge is 0.396 e. The summed E-state index contributed by atoms with van der Waals surface area (Å²) in [5, 5.41) is 32.7. The molecule has 0 rings (SSSR count). The lowest BCUT2D eigenvalue weighted by Gasteiger charge is -2.00. The first-order chi connectivity index (χ1) is 5.72. The van der Waals surface area contributed by atoms with Gasteiger partial charge in [-0.25, -0.2) is 0 Å². The van der Waals surface area contributed by atoms with Gasteiger partial charge in [0.2, 0.25) is 0 Å². The Hall–Kier alpha value is -0.160. The molecule has 0 aliphatic carbocycles. The summed E-state index contributed by atoms with van der Waals surface area (Å²) in [5.41, 5.74) is 0. The maximum absolute atomic E-state index is 8.45. The molecule has 0 saturated heterocycles. The Morgan fingerprint density at radius 2 is 1.67 bits per heavy atom. The van der Waals surface area contributed by atoms with Crippen molar-refractivity contribution in [1.82, 2.24) is 0 Å². The Bertz CT molecular complexity index is 66.1. The van der Waals surface area contributed by atoms with Crippen LogP contribution in [0.2, 0.25) is 0 Å². The van der Waals surface area contributed by atoms with Gasteiger partial charge in [-0.05, 0) is 12.8 Å². The van der Waals surface area contributed by atoms with Gasteiger partial charge in [-0.1, -0.05) is 13.3 Å². The van der Waals surface area contributed by atoms with Crippen molar-refractivity contribution in [2.75, 3.05) is 19.8 Å². The van der Waals surface area contributed by atoms with Crippen molar-refractivity contribution in [3.8, 4) is 0 Å². The quantitative estimate of drug-likeness (QED) is 0.460. The summed E-state index contributed by atoms with van der Waals surface area (Å²) in [7, 11) is 0. The zero-order valence-corrected chi connectivity index (χ0v) is 7.61. The summed E-state index contributed by atoms with van der Waals surface area (Å²) in [4.78, 5) is 0. The number of aliphatic hydroxyl groups excluding tert-OH is 4. The number of rotatable bonds is 5. The molecule has 1 atom stereocenters. The van der Waals surface area contributed by atoms with Crippen molar-refractivity contribution in [1.29, 1.82) is 0 Å². The predicted octanol–water partition coefficient (Wildman–Crippen LogP) is -0.499. The van der Waals surface area contributed by atoms with Crippen LogP contribution >= 0.6 is 0 Å². The van der Waals surface area contributed by atoms with Gasteiger partial charge in [0.1, 0.15) is 0 Å². The fraction of sp³-hybridized carbons (Fsp3) is 1.00. The number of hydrogen-bond donors (Lipinski definition) is 4. The molecule has 4 nitrogen and oxygen atoms in total. The van der Waals surface area contributed by atoms with Crippen molar-refractivity contribution >= 4 is 0 Å². The number of unbranched alkanes of at least 4 members (excludes halogenated alkanes) is 1. The molecule has 0 aromatic heterocycles. The van der Waals surface area contributed by atoms with Crippen molar-refractivity contribution in [2.24, 2.45) is 0 Å². The van der Waals surface area contributed by atoms with Crippen molar-refractivity contribution in [3.05, 3.63) is 0 Å². The Labute approximate surface area is 73.5 Å². The minimum Gasteiger partial charge on any atom is -0.396 e. The van der Waals surface area contributed by atoms with Crippen LogP contribution in [0.4, 0.5) is 0 Å². The van der Waals surface area contributed by atoms with Gasteiger partial charge in [0, 0.05) is 13.2 Å². The standard InChI is InChI=1S/C4H10O3.C4H10O/c5-2-1-4(7)3-6;1-2-3-4-5/h4-7H,1-3H2;5H,2-4H2,1H3. The molecule has 0 aliphatic rings. The minimum absolute atomic E-state index is 0.0677. The summed E-state index contributed by atoms with van der Waals surface area (Å²) in [6.07, 6.45) is 1.55. The van der Waals surface area contributed by atoms with E-state index in [4.69, 9.17) is 20.4 Å². The van der Waals surface area contributed by atoms with Crippen LogP contribution < -0.4 is 0 Å². The molecular weight excluding hydrogens is 160 g/mol. The minimum atomic E-state index is -0.745. The number of aliphatic hydroxyl groups is 4. The summed E-state index contributed by atoms with van der Waals surface area (Å²) in [5.74, 6) is 0. The average Bonchev–Trinajstić information content (AvgIpc) is 2.07. The van der Waals surface area contributed by atoms with Gasteiger partial charge < -0.3 is 20.4 Å². The lowest BCUT2D eigenvalue weighted by molar-refractivity contribution is 0.0721. The van der Waals surface area contributed by atoms with Crippen molar-refractivity contribution in [2.45, 2.75) is 32.3 Å². The SMILES string of the molecule is CCCCO.OCCC(O)CO. The van der Waals surface area contributed by atoms with Gasteiger partial charge >= 0.3 is 0 Å². The van der Waals surface area contributed by atoms with E-state index in [1.54, 1.807) is 0 Å². The molecule has 4 N–H and O–H groups in total. The smallest absolute Gasteiger partial charge is 0.0792 e. The Morgan fingerprint density at radius 1 is 1.08 bits per heavy atom. The molecule has 0 aromatic carbocycles.